The first-order chi connectivity index (χ1) is 9.76. The highest BCUT2D eigenvalue weighted by Gasteiger charge is 2.41. The van der Waals surface area contributed by atoms with Gasteiger partial charge in [0, 0.05) is 18.6 Å². The summed E-state index contributed by atoms with van der Waals surface area (Å²) in [5, 5.41) is 8.93. The van der Waals surface area contributed by atoms with E-state index in [1.54, 1.807) is 0 Å². The van der Waals surface area contributed by atoms with Gasteiger partial charge in [0.15, 0.2) is 0 Å². The van der Waals surface area contributed by atoms with E-state index in [0.717, 1.165) is 32.2 Å². The second-order valence-electron chi connectivity index (χ2n) is 7.04. The van der Waals surface area contributed by atoms with Gasteiger partial charge in [-0.15, -0.1) is 0 Å². The monoisotopic (exact) mass is 298 g/mol. The number of ether oxygens (including phenoxy) is 1. The molecule has 0 aromatic heterocycles. The summed E-state index contributed by atoms with van der Waals surface area (Å²) in [5.74, 6) is -0.814. The first kappa shape index (κ1) is 16.1. The van der Waals surface area contributed by atoms with Crippen LogP contribution in [0.3, 0.4) is 0 Å². The van der Waals surface area contributed by atoms with Gasteiger partial charge < -0.3 is 14.7 Å². The highest BCUT2D eigenvalue weighted by Crippen LogP contribution is 2.32. The number of likely N-dealkylation sites (tertiary alicyclic amines) is 1. The predicted molar refractivity (Wildman–Crippen MR) is 78.2 cm³/mol. The minimum absolute atomic E-state index is 0.0450. The normalized spacial score (nSPS) is 23.7. The summed E-state index contributed by atoms with van der Waals surface area (Å²) in [4.78, 5) is 27.1. The van der Waals surface area contributed by atoms with Crippen molar-refractivity contribution in [1.29, 1.82) is 0 Å². The number of carbonyl (C=O) groups excluding carboxylic acids is 1. The first-order valence-corrected chi connectivity index (χ1v) is 7.72. The molecular formula is C15H26N2O4. The van der Waals surface area contributed by atoms with E-state index in [2.05, 4.69) is 0 Å². The number of carboxylic acid groups (broad SMARTS) is 1. The number of aliphatic carboxylic acids is 1. The van der Waals surface area contributed by atoms with E-state index in [1.165, 1.54) is 0 Å². The molecule has 21 heavy (non-hydrogen) atoms. The largest absolute Gasteiger partial charge is 0.480 e. The Morgan fingerprint density at radius 3 is 2.43 bits per heavy atom. The lowest BCUT2D eigenvalue weighted by atomic mass is 10.0. The maximum Gasteiger partial charge on any atom is 0.410 e. The molecule has 1 N–H and O–H groups in total. The van der Waals surface area contributed by atoms with E-state index >= 15 is 0 Å². The van der Waals surface area contributed by atoms with E-state index in [0.29, 0.717) is 6.54 Å². The van der Waals surface area contributed by atoms with Gasteiger partial charge in [0.1, 0.15) is 5.60 Å². The van der Waals surface area contributed by atoms with Crippen LogP contribution in [-0.2, 0) is 9.53 Å². The number of hydrogen-bond acceptors (Lipinski definition) is 4. The van der Waals surface area contributed by atoms with Crippen molar-refractivity contribution >= 4 is 12.1 Å². The Morgan fingerprint density at radius 1 is 1.24 bits per heavy atom. The van der Waals surface area contributed by atoms with Gasteiger partial charge in [0.05, 0.1) is 6.54 Å². The third-order valence-corrected chi connectivity index (χ3v) is 3.78. The van der Waals surface area contributed by atoms with E-state index in [9.17, 15) is 9.59 Å². The fourth-order valence-electron chi connectivity index (χ4n) is 2.86. The van der Waals surface area contributed by atoms with Crippen molar-refractivity contribution in [2.75, 3.05) is 19.6 Å². The molecule has 2 rings (SSSR count). The molecule has 120 valence electrons. The van der Waals surface area contributed by atoms with Gasteiger partial charge in [-0.3, -0.25) is 9.69 Å². The molecule has 1 aliphatic carbocycles. The van der Waals surface area contributed by atoms with Gasteiger partial charge in [0.2, 0.25) is 0 Å². The summed E-state index contributed by atoms with van der Waals surface area (Å²) in [7, 11) is 0. The highest BCUT2D eigenvalue weighted by atomic mass is 16.6. The zero-order valence-corrected chi connectivity index (χ0v) is 13.2. The Bertz CT molecular complexity index is 401. The lowest BCUT2D eigenvalue weighted by Gasteiger charge is -2.39. The average Bonchev–Trinajstić information content (AvgIpc) is 3.10. The van der Waals surface area contributed by atoms with Gasteiger partial charge in [-0.25, -0.2) is 4.79 Å². The third kappa shape index (κ3) is 4.88. The molecule has 2 aliphatic rings. The van der Waals surface area contributed by atoms with Crippen molar-refractivity contribution in [2.45, 2.75) is 64.1 Å². The Labute approximate surface area is 126 Å². The number of carbonyl (C=O) groups is 2. The molecule has 6 heteroatoms. The number of amides is 1. The molecule has 0 aromatic carbocycles. The summed E-state index contributed by atoms with van der Waals surface area (Å²) >= 11 is 0. The Kier molecular flexibility index (Phi) is 4.76. The van der Waals surface area contributed by atoms with Crippen LogP contribution in [0.2, 0.25) is 0 Å². The van der Waals surface area contributed by atoms with Crippen LogP contribution in [0.1, 0.15) is 46.5 Å². The van der Waals surface area contributed by atoms with Crippen LogP contribution in [0.5, 0.6) is 0 Å². The van der Waals surface area contributed by atoms with E-state index < -0.39 is 11.6 Å². The van der Waals surface area contributed by atoms with Gasteiger partial charge >= 0.3 is 12.1 Å². The van der Waals surface area contributed by atoms with E-state index in [4.69, 9.17) is 9.84 Å². The number of piperidine rings is 1. The second kappa shape index (κ2) is 6.22. The van der Waals surface area contributed by atoms with Crippen molar-refractivity contribution < 1.29 is 19.4 Å². The van der Waals surface area contributed by atoms with E-state index in [-0.39, 0.29) is 24.7 Å². The average molecular weight is 298 g/mol. The van der Waals surface area contributed by atoms with Crippen LogP contribution >= 0.6 is 0 Å². The Morgan fingerprint density at radius 2 is 1.90 bits per heavy atom. The molecule has 1 saturated carbocycles. The molecule has 1 heterocycles. The summed E-state index contributed by atoms with van der Waals surface area (Å²) in [6.45, 7) is 7.07. The highest BCUT2D eigenvalue weighted by molar-refractivity contribution is 5.70. The second-order valence-corrected chi connectivity index (χ2v) is 7.04. The van der Waals surface area contributed by atoms with E-state index in [1.807, 2.05) is 30.6 Å². The van der Waals surface area contributed by atoms with Gasteiger partial charge in [-0.2, -0.15) is 0 Å². The summed E-state index contributed by atoms with van der Waals surface area (Å²) < 4.78 is 5.52. The minimum atomic E-state index is -0.814. The summed E-state index contributed by atoms with van der Waals surface area (Å²) in [6.07, 6.45) is 3.63. The molecule has 1 amide bonds. The smallest absolute Gasteiger partial charge is 0.410 e. The zero-order valence-electron chi connectivity index (χ0n) is 13.2. The number of hydrogen-bond donors (Lipinski definition) is 1. The molecule has 0 radical (unpaired) electrons. The third-order valence-electron chi connectivity index (χ3n) is 3.78. The maximum atomic E-state index is 12.4. The van der Waals surface area contributed by atoms with Crippen LogP contribution in [0.25, 0.3) is 0 Å². The standard InChI is InChI=1S/C15H26N2O4/c1-15(2,3)21-14(20)17(11-6-7-11)12-5-4-8-16(9-12)10-13(18)19/h11-12H,4-10H2,1-3H3,(H,18,19)/t12-/m0/s1. The van der Waals surface area contributed by atoms with Crippen molar-refractivity contribution in [2.24, 2.45) is 0 Å². The molecule has 0 aromatic rings. The number of nitrogens with zero attached hydrogens (tertiary/aromatic N) is 2. The Hall–Kier alpha value is -1.30. The summed E-state index contributed by atoms with van der Waals surface area (Å²) in [5.41, 5.74) is -0.500. The number of carboxylic acids is 1. The minimum Gasteiger partial charge on any atom is -0.480 e. The van der Waals surface area contributed by atoms with Gasteiger partial charge in [0.25, 0.3) is 0 Å². The molecule has 1 atom stereocenters. The quantitative estimate of drug-likeness (QED) is 0.859. The maximum absolute atomic E-state index is 12.4. The molecular weight excluding hydrogens is 272 g/mol. The fourth-order valence-corrected chi connectivity index (χ4v) is 2.86. The topological polar surface area (TPSA) is 70.1 Å². The molecule has 0 bridgehead atoms. The molecule has 1 aliphatic heterocycles. The van der Waals surface area contributed by atoms with Crippen LogP contribution in [0, 0.1) is 0 Å². The van der Waals surface area contributed by atoms with Crippen LogP contribution < -0.4 is 0 Å². The predicted octanol–water partition coefficient (Wildman–Crippen LogP) is 1.93. The van der Waals surface area contributed by atoms with Crippen molar-refractivity contribution in [3.63, 3.8) is 0 Å². The van der Waals surface area contributed by atoms with Gasteiger partial charge in [-0.05, 0) is 53.0 Å². The van der Waals surface area contributed by atoms with Crippen molar-refractivity contribution in [1.82, 2.24) is 9.80 Å². The van der Waals surface area contributed by atoms with Crippen LogP contribution in [0.4, 0.5) is 4.79 Å². The molecule has 6 nitrogen and oxygen atoms in total. The molecule has 0 unspecified atom stereocenters. The SMILES string of the molecule is CC(C)(C)OC(=O)N(C1CC1)[C@H]1CCCN(CC(=O)O)C1. The summed E-state index contributed by atoms with van der Waals surface area (Å²) in [6, 6.07) is 0.343. The lowest BCUT2D eigenvalue weighted by Crippen LogP contribution is -2.53. The van der Waals surface area contributed by atoms with Crippen LogP contribution in [0.15, 0.2) is 0 Å². The fraction of sp³-hybridized carbons (Fsp3) is 0.867. The van der Waals surface area contributed by atoms with Crippen molar-refractivity contribution in [3.8, 4) is 0 Å². The van der Waals surface area contributed by atoms with Crippen LogP contribution in [-0.4, -0.2) is 64.3 Å². The number of rotatable bonds is 4. The van der Waals surface area contributed by atoms with Crippen molar-refractivity contribution in [3.05, 3.63) is 0 Å². The first-order valence-electron chi connectivity index (χ1n) is 7.72. The molecule has 1 saturated heterocycles. The molecule has 0 spiro atoms. The Balaban J connectivity index is 2.00. The van der Waals surface area contributed by atoms with Gasteiger partial charge in [-0.1, -0.05) is 0 Å². The zero-order chi connectivity index (χ0) is 15.6. The molecule has 2 fully saturated rings. The lowest BCUT2D eigenvalue weighted by molar-refractivity contribution is -0.138.